The Morgan fingerprint density at radius 2 is 1.68 bits per heavy atom. The van der Waals surface area contributed by atoms with E-state index in [0.29, 0.717) is 28.7 Å². The maximum absolute atomic E-state index is 12.5. The smallest absolute Gasteiger partial charge is 0.228 e. The van der Waals surface area contributed by atoms with Crippen LogP contribution in [-0.4, -0.2) is 23.8 Å². The Morgan fingerprint density at radius 1 is 1.04 bits per heavy atom. The van der Waals surface area contributed by atoms with Crippen LogP contribution in [-0.2, 0) is 16.1 Å². The van der Waals surface area contributed by atoms with Gasteiger partial charge in [-0.25, -0.2) is 0 Å². The van der Waals surface area contributed by atoms with Crippen LogP contribution in [0.4, 0.5) is 5.69 Å². The molecule has 2 amide bonds. The Hall–Kier alpha value is -2.04. The number of nitrogens with one attached hydrogen (secondary N) is 1. The van der Waals surface area contributed by atoms with Gasteiger partial charge in [-0.15, -0.1) is 0 Å². The average molecular weight is 377 g/mol. The highest BCUT2D eigenvalue weighted by atomic mass is 35.5. The minimum atomic E-state index is -0.335. The Kier molecular flexibility index (Phi) is 5.30. The highest BCUT2D eigenvalue weighted by Crippen LogP contribution is 2.42. The van der Waals surface area contributed by atoms with Crippen LogP contribution in [0.1, 0.15) is 12.0 Å². The van der Waals surface area contributed by atoms with Crippen molar-refractivity contribution in [2.75, 3.05) is 12.4 Å². The predicted molar refractivity (Wildman–Crippen MR) is 99.6 cm³/mol. The van der Waals surface area contributed by atoms with Crippen molar-refractivity contribution in [2.45, 2.75) is 13.0 Å². The molecule has 1 N–H and O–H groups in total. The first kappa shape index (κ1) is 17.8. The van der Waals surface area contributed by atoms with Crippen molar-refractivity contribution in [3.63, 3.8) is 0 Å². The number of hydrogen-bond donors (Lipinski definition) is 1. The number of rotatable bonds is 5. The molecule has 2 atom stereocenters. The summed E-state index contributed by atoms with van der Waals surface area (Å²) in [5.41, 5.74) is 1.45. The molecule has 3 rings (SSSR count). The number of carbonyl (C=O) groups is 2. The van der Waals surface area contributed by atoms with E-state index in [1.165, 1.54) is 0 Å². The third-order valence-electron chi connectivity index (χ3n) is 4.29. The van der Waals surface area contributed by atoms with Gasteiger partial charge in [0, 0.05) is 13.6 Å². The molecule has 1 fully saturated rings. The molecule has 130 valence electrons. The number of carbonyl (C=O) groups excluding carboxylic acids is 2. The van der Waals surface area contributed by atoms with E-state index >= 15 is 0 Å². The molecule has 0 heterocycles. The zero-order chi connectivity index (χ0) is 18.0. The second-order valence-corrected chi connectivity index (χ2v) is 7.03. The second kappa shape index (κ2) is 7.46. The fourth-order valence-corrected chi connectivity index (χ4v) is 3.30. The number of hydrogen-bond acceptors (Lipinski definition) is 2. The van der Waals surface area contributed by atoms with E-state index in [4.69, 9.17) is 23.2 Å². The third kappa shape index (κ3) is 4.14. The Balaban J connectivity index is 1.58. The van der Waals surface area contributed by atoms with Crippen molar-refractivity contribution in [2.24, 2.45) is 11.8 Å². The maximum atomic E-state index is 12.5. The zero-order valence-corrected chi connectivity index (χ0v) is 15.2. The lowest BCUT2D eigenvalue weighted by Gasteiger charge is -2.17. The Morgan fingerprint density at radius 3 is 2.32 bits per heavy atom. The van der Waals surface area contributed by atoms with Crippen molar-refractivity contribution < 1.29 is 9.59 Å². The molecule has 0 aliphatic heterocycles. The predicted octanol–water partition coefficient (Wildman–Crippen LogP) is 4.23. The van der Waals surface area contributed by atoms with Crippen molar-refractivity contribution in [3.05, 3.63) is 64.1 Å². The SMILES string of the molecule is CN(Cc1ccccc1)C(=O)C1CC1C(=O)Nc1c(Cl)cccc1Cl. The van der Waals surface area contributed by atoms with E-state index in [1.54, 1.807) is 30.1 Å². The molecule has 0 aromatic heterocycles. The Bertz CT molecular complexity index is 775. The number of benzene rings is 2. The first-order chi connectivity index (χ1) is 12.0. The quantitative estimate of drug-likeness (QED) is 0.848. The molecule has 4 nitrogen and oxygen atoms in total. The third-order valence-corrected chi connectivity index (χ3v) is 4.92. The number of amides is 2. The summed E-state index contributed by atoms with van der Waals surface area (Å²) in [5.74, 6) is -0.858. The fraction of sp³-hybridized carbons (Fsp3) is 0.263. The summed E-state index contributed by atoms with van der Waals surface area (Å²) in [4.78, 5) is 26.5. The Labute approximate surface area is 156 Å². The molecule has 0 spiro atoms. The van der Waals surface area contributed by atoms with Crippen molar-refractivity contribution in [3.8, 4) is 0 Å². The molecular weight excluding hydrogens is 359 g/mol. The molecule has 2 aromatic carbocycles. The van der Waals surface area contributed by atoms with Gasteiger partial charge in [0.05, 0.1) is 27.6 Å². The monoisotopic (exact) mass is 376 g/mol. The van der Waals surface area contributed by atoms with Crippen molar-refractivity contribution in [1.82, 2.24) is 4.90 Å². The van der Waals surface area contributed by atoms with Crippen LogP contribution in [0, 0.1) is 11.8 Å². The van der Waals surface area contributed by atoms with Gasteiger partial charge < -0.3 is 10.2 Å². The van der Waals surface area contributed by atoms with E-state index in [0.717, 1.165) is 5.56 Å². The number of nitrogens with zero attached hydrogens (tertiary/aromatic N) is 1. The normalized spacial score (nSPS) is 18.5. The second-order valence-electron chi connectivity index (χ2n) is 6.21. The van der Waals surface area contributed by atoms with Crippen molar-refractivity contribution >= 4 is 40.7 Å². The lowest BCUT2D eigenvalue weighted by Crippen LogP contribution is -2.29. The van der Waals surface area contributed by atoms with Crippen LogP contribution < -0.4 is 5.32 Å². The lowest BCUT2D eigenvalue weighted by molar-refractivity contribution is -0.133. The minimum absolute atomic E-state index is 0.0192. The van der Waals surface area contributed by atoms with Gasteiger partial charge in [-0.05, 0) is 24.1 Å². The first-order valence-electron chi connectivity index (χ1n) is 8.01. The number of halogens is 2. The molecule has 0 bridgehead atoms. The van der Waals surface area contributed by atoms with Gasteiger partial charge in [0.15, 0.2) is 0 Å². The summed E-state index contributed by atoms with van der Waals surface area (Å²) < 4.78 is 0. The molecular formula is C19H18Cl2N2O2. The molecule has 1 aliphatic carbocycles. The van der Waals surface area contributed by atoms with E-state index in [9.17, 15) is 9.59 Å². The lowest BCUT2D eigenvalue weighted by atomic mass is 10.2. The molecule has 6 heteroatoms. The highest BCUT2D eigenvalue weighted by molar-refractivity contribution is 6.39. The molecule has 2 unspecified atom stereocenters. The van der Waals surface area contributed by atoms with Gasteiger partial charge in [-0.1, -0.05) is 59.6 Å². The van der Waals surface area contributed by atoms with Crippen LogP contribution in [0.25, 0.3) is 0 Å². The molecule has 25 heavy (non-hydrogen) atoms. The van der Waals surface area contributed by atoms with E-state index in [1.807, 2.05) is 30.3 Å². The summed E-state index contributed by atoms with van der Waals surface area (Å²) in [6.07, 6.45) is 0.547. The van der Waals surface area contributed by atoms with Crippen LogP contribution in [0.15, 0.2) is 48.5 Å². The molecule has 0 saturated heterocycles. The summed E-state index contributed by atoms with van der Waals surface area (Å²) in [6, 6.07) is 14.8. The van der Waals surface area contributed by atoms with Crippen LogP contribution in [0.5, 0.6) is 0 Å². The standard InChI is InChI=1S/C19H18Cl2N2O2/c1-23(11-12-6-3-2-4-7-12)19(25)14-10-13(14)18(24)22-17-15(20)8-5-9-16(17)21/h2-9,13-14H,10-11H2,1H3,(H,22,24). The minimum Gasteiger partial charge on any atom is -0.341 e. The molecule has 0 radical (unpaired) electrons. The first-order valence-corrected chi connectivity index (χ1v) is 8.76. The molecule has 1 saturated carbocycles. The van der Waals surface area contributed by atoms with Crippen LogP contribution in [0.2, 0.25) is 10.0 Å². The van der Waals surface area contributed by atoms with Crippen molar-refractivity contribution in [1.29, 1.82) is 0 Å². The largest absolute Gasteiger partial charge is 0.341 e. The van der Waals surface area contributed by atoms with Gasteiger partial charge in [0.2, 0.25) is 11.8 Å². The fourth-order valence-electron chi connectivity index (χ4n) is 2.81. The van der Waals surface area contributed by atoms with Gasteiger partial charge >= 0.3 is 0 Å². The average Bonchev–Trinajstić information content (AvgIpc) is 3.39. The number of anilines is 1. The molecule has 1 aliphatic rings. The summed E-state index contributed by atoms with van der Waals surface area (Å²) in [6.45, 7) is 0.529. The maximum Gasteiger partial charge on any atom is 0.228 e. The highest BCUT2D eigenvalue weighted by Gasteiger charge is 2.49. The summed E-state index contributed by atoms with van der Waals surface area (Å²) in [5, 5.41) is 3.50. The van der Waals surface area contributed by atoms with E-state index in [2.05, 4.69) is 5.32 Å². The zero-order valence-electron chi connectivity index (χ0n) is 13.7. The topological polar surface area (TPSA) is 49.4 Å². The van der Waals surface area contributed by atoms with Gasteiger partial charge in [0.1, 0.15) is 0 Å². The molecule has 2 aromatic rings. The van der Waals surface area contributed by atoms with Crippen LogP contribution in [0.3, 0.4) is 0 Å². The summed E-state index contributed by atoms with van der Waals surface area (Å²) >= 11 is 12.1. The summed E-state index contributed by atoms with van der Waals surface area (Å²) in [7, 11) is 1.76. The van der Waals surface area contributed by atoms with Gasteiger partial charge in [-0.2, -0.15) is 0 Å². The van der Waals surface area contributed by atoms with E-state index < -0.39 is 0 Å². The van der Waals surface area contributed by atoms with Gasteiger partial charge in [0.25, 0.3) is 0 Å². The number of para-hydroxylation sites is 1. The van der Waals surface area contributed by atoms with Crippen LogP contribution >= 0.6 is 23.2 Å². The van der Waals surface area contributed by atoms with E-state index in [-0.39, 0.29) is 23.7 Å². The van der Waals surface area contributed by atoms with Gasteiger partial charge in [-0.3, -0.25) is 9.59 Å².